The topological polar surface area (TPSA) is 85.7 Å². The lowest BCUT2D eigenvalue weighted by atomic mass is 10.2. The van der Waals surface area contributed by atoms with Gasteiger partial charge in [0.2, 0.25) is 0 Å². The summed E-state index contributed by atoms with van der Waals surface area (Å²) in [5.41, 5.74) is 4.21. The van der Waals surface area contributed by atoms with Gasteiger partial charge in [-0.3, -0.25) is 4.79 Å². The zero-order valence-corrected chi connectivity index (χ0v) is 16.9. The Morgan fingerprint density at radius 1 is 1.18 bits per heavy atom. The number of hydrazone groups is 1. The van der Waals surface area contributed by atoms with E-state index >= 15 is 0 Å². The number of benzene rings is 2. The minimum absolute atomic E-state index is 0.190. The molecular weight excluding hydrogens is 396 g/mol. The summed E-state index contributed by atoms with van der Waals surface area (Å²) in [5, 5.41) is 13.1. The summed E-state index contributed by atoms with van der Waals surface area (Å²) in [5.74, 6) is 1.26. The normalized spacial score (nSPS) is 10.8. The van der Waals surface area contributed by atoms with Crippen LogP contribution in [-0.4, -0.2) is 42.3 Å². The van der Waals surface area contributed by atoms with Crippen LogP contribution in [0.4, 0.5) is 0 Å². The van der Waals surface area contributed by atoms with E-state index in [9.17, 15) is 4.79 Å². The van der Waals surface area contributed by atoms with Crippen LogP contribution in [0.25, 0.3) is 10.6 Å². The minimum Gasteiger partial charge on any atom is -0.497 e. The van der Waals surface area contributed by atoms with Gasteiger partial charge in [-0.2, -0.15) is 5.10 Å². The third kappa shape index (κ3) is 5.30. The second kappa shape index (κ2) is 9.86. The third-order valence-electron chi connectivity index (χ3n) is 3.58. The van der Waals surface area contributed by atoms with Crippen LogP contribution in [0.5, 0.6) is 11.5 Å². The van der Waals surface area contributed by atoms with E-state index in [1.54, 1.807) is 32.4 Å². The van der Waals surface area contributed by atoms with Gasteiger partial charge < -0.3 is 9.47 Å². The fraction of sp³-hybridized carbons (Fsp3) is 0.158. The Bertz CT molecular complexity index is 961. The molecule has 1 aromatic heterocycles. The van der Waals surface area contributed by atoms with E-state index < -0.39 is 0 Å². The van der Waals surface area contributed by atoms with E-state index in [1.807, 2.05) is 30.3 Å². The number of aromatic nitrogens is 2. The average Bonchev–Trinajstić information content (AvgIpc) is 3.22. The zero-order valence-electron chi connectivity index (χ0n) is 15.3. The number of hydrogen-bond donors (Lipinski definition) is 1. The highest BCUT2D eigenvalue weighted by Gasteiger charge is 2.09. The Morgan fingerprint density at radius 2 is 2.00 bits per heavy atom. The van der Waals surface area contributed by atoms with E-state index in [0.29, 0.717) is 17.1 Å². The average molecular weight is 415 g/mol. The highest BCUT2D eigenvalue weighted by molar-refractivity contribution is 8.01. The first kappa shape index (κ1) is 19.8. The van der Waals surface area contributed by atoms with Gasteiger partial charge in [0.1, 0.15) is 16.5 Å². The second-order valence-corrected chi connectivity index (χ2v) is 7.63. The van der Waals surface area contributed by atoms with Gasteiger partial charge in [-0.25, -0.2) is 5.43 Å². The molecule has 9 heteroatoms. The molecule has 0 saturated heterocycles. The third-order valence-corrected chi connectivity index (χ3v) is 5.69. The monoisotopic (exact) mass is 414 g/mol. The van der Waals surface area contributed by atoms with Crippen molar-refractivity contribution in [2.45, 2.75) is 4.34 Å². The highest BCUT2D eigenvalue weighted by atomic mass is 32.2. The maximum Gasteiger partial charge on any atom is 0.250 e. The number of ether oxygens (including phenoxy) is 2. The van der Waals surface area contributed by atoms with Gasteiger partial charge in [0.15, 0.2) is 4.34 Å². The molecule has 0 aliphatic rings. The van der Waals surface area contributed by atoms with Crippen LogP contribution in [0.2, 0.25) is 0 Å². The standard InChI is InChI=1S/C19H18N4O3S2/c1-25-15-8-9-16(26-2)14(10-15)11-20-21-17(24)12-27-19-23-22-18(28-19)13-6-4-3-5-7-13/h3-11H,12H2,1-2H3,(H,21,24). The van der Waals surface area contributed by atoms with Gasteiger partial charge in [0, 0.05) is 11.1 Å². The van der Waals surface area contributed by atoms with Crippen molar-refractivity contribution in [3.63, 3.8) is 0 Å². The van der Waals surface area contributed by atoms with Gasteiger partial charge in [-0.1, -0.05) is 53.4 Å². The van der Waals surface area contributed by atoms with Crippen molar-refractivity contribution in [1.29, 1.82) is 0 Å². The number of carbonyl (C=O) groups is 1. The van der Waals surface area contributed by atoms with E-state index in [0.717, 1.165) is 14.9 Å². The summed E-state index contributed by atoms with van der Waals surface area (Å²) < 4.78 is 11.2. The zero-order chi connectivity index (χ0) is 19.8. The SMILES string of the molecule is COc1ccc(OC)c(C=NNC(=O)CSc2nnc(-c3ccccc3)s2)c1. The molecule has 3 rings (SSSR count). The Morgan fingerprint density at radius 3 is 2.75 bits per heavy atom. The van der Waals surface area contributed by atoms with Crippen molar-refractivity contribution >= 4 is 35.2 Å². The van der Waals surface area contributed by atoms with Crippen molar-refractivity contribution in [3.05, 3.63) is 54.1 Å². The van der Waals surface area contributed by atoms with Crippen molar-refractivity contribution < 1.29 is 14.3 Å². The van der Waals surface area contributed by atoms with E-state index in [1.165, 1.54) is 29.3 Å². The quantitative estimate of drug-likeness (QED) is 0.345. The first-order chi connectivity index (χ1) is 13.7. The number of nitrogens with zero attached hydrogens (tertiary/aromatic N) is 3. The lowest BCUT2D eigenvalue weighted by Gasteiger charge is -2.06. The summed E-state index contributed by atoms with van der Waals surface area (Å²) in [6.07, 6.45) is 1.52. The Hall–Kier alpha value is -2.91. The summed E-state index contributed by atoms with van der Waals surface area (Å²) in [4.78, 5) is 12.0. The number of carbonyl (C=O) groups excluding carboxylic acids is 1. The van der Waals surface area contributed by atoms with Gasteiger partial charge in [-0.15, -0.1) is 10.2 Å². The molecule has 3 aromatic rings. The Balaban J connectivity index is 1.53. The van der Waals surface area contributed by atoms with Crippen LogP contribution in [0.15, 0.2) is 58.0 Å². The molecule has 0 aliphatic carbocycles. The van der Waals surface area contributed by atoms with Crippen LogP contribution in [0, 0.1) is 0 Å². The number of hydrogen-bond acceptors (Lipinski definition) is 8. The highest BCUT2D eigenvalue weighted by Crippen LogP contribution is 2.29. The second-order valence-electron chi connectivity index (χ2n) is 5.43. The van der Waals surface area contributed by atoms with Gasteiger partial charge >= 0.3 is 0 Å². The molecule has 0 atom stereocenters. The molecule has 0 spiro atoms. The van der Waals surface area contributed by atoms with Crippen LogP contribution in [-0.2, 0) is 4.79 Å². The van der Waals surface area contributed by atoms with Gasteiger partial charge in [0.25, 0.3) is 5.91 Å². The largest absolute Gasteiger partial charge is 0.497 e. The molecule has 0 aliphatic heterocycles. The van der Waals surface area contributed by atoms with Crippen LogP contribution in [0.3, 0.4) is 0 Å². The maximum atomic E-state index is 12.0. The van der Waals surface area contributed by atoms with Gasteiger partial charge in [-0.05, 0) is 18.2 Å². The Kier molecular flexibility index (Phi) is 6.99. The number of rotatable bonds is 8. The molecule has 144 valence electrons. The number of thioether (sulfide) groups is 1. The molecule has 0 bridgehead atoms. The van der Waals surface area contributed by atoms with Crippen LogP contribution in [0.1, 0.15) is 5.56 Å². The predicted octanol–water partition coefficient (Wildman–Crippen LogP) is 3.46. The maximum absolute atomic E-state index is 12.0. The van der Waals surface area contributed by atoms with Crippen molar-refractivity contribution in [2.24, 2.45) is 5.10 Å². The first-order valence-corrected chi connectivity index (χ1v) is 10.1. The molecule has 1 heterocycles. The Labute approximate surface area is 170 Å². The summed E-state index contributed by atoms with van der Waals surface area (Å²) in [7, 11) is 3.15. The predicted molar refractivity (Wildman–Crippen MR) is 111 cm³/mol. The number of amides is 1. The van der Waals surface area contributed by atoms with Crippen molar-refractivity contribution in [2.75, 3.05) is 20.0 Å². The lowest BCUT2D eigenvalue weighted by molar-refractivity contribution is -0.118. The summed E-state index contributed by atoms with van der Waals surface area (Å²) >= 11 is 2.77. The fourth-order valence-corrected chi connectivity index (χ4v) is 3.89. The first-order valence-electron chi connectivity index (χ1n) is 8.25. The van der Waals surface area contributed by atoms with Crippen molar-refractivity contribution in [3.8, 4) is 22.1 Å². The number of methoxy groups -OCH3 is 2. The van der Waals surface area contributed by atoms with Crippen LogP contribution >= 0.6 is 23.1 Å². The molecule has 1 N–H and O–H groups in total. The molecule has 0 fully saturated rings. The summed E-state index contributed by atoms with van der Waals surface area (Å²) in [6, 6.07) is 15.1. The van der Waals surface area contributed by atoms with E-state index in [2.05, 4.69) is 20.7 Å². The lowest BCUT2D eigenvalue weighted by Crippen LogP contribution is -2.19. The smallest absolute Gasteiger partial charge is 0.250 e. The van der Waals surface area contributed by atoms with Gasteiger partial charge in [0.05, 0.1) is 26.2 Å². The molecular formula is C19H18N4O3S2. The molecule has 28 heavy (non-hydrogen) atoms. The molecule has 0 radical (unpaired) electrons. The summed E-state index contributed by atoms with van der Waals surface area (Å²) in [6.45, 7) is 0. The molecule has 0 saturated carbocycles. The van der Waals surface area contributed by atoms with E-state index in [4.69, 9.17) is 9.47 Å². The van der Waals surface area contributed by atoms with E-state index in [-0.39, 0.29) is 11.7 Å². The molecule has 1 amide bonds. The van der Waals surface area contributed by atoms with Crippen molar-refractivity contribution in [1.82, 2.24) is 15.6 Å². The fourth-order valence-electron chi connectivity index (χ4n) is 2.24. The minimum atomic E-state index is -0.237. The molecule has 0 unspecified atom stereocenters. The molecule has 2 aromatic carbocycles. The van der Waals surface area contributed by atoms with Crippen LogP contribution < -0.4 is 14.9 Å². The molecule has 7 nitrogen and oxygen atoms in total. The number of nitrogens with one attached hydrogen (secondary N) is 1.